The molecule has 2 aromatic rings. The molecule has 0 aliphatic heterocycles. The summed E-state index contributed by atoms with van der Waals surface area (Å²) in [4.78, 5) is 12.2. The van der Waals surface area contributed by atoms with Crippen LogP contribution in [0, 0.1) is 5.92 Å². The van der Waals surface area contributed by atoms with Gasteiger partial charge >= 0.3 is 6.09 Å². The molecule has 0 aliphatic rings. The van der Waals surface area contributed by atoms with Gasteiger partial charge in [-0.25, -0.2) is 4.79 Å². The van der Waals surface area contributed by atoms with Crippen LogP contribution in [0.4, 0.5) is 10.5 Å². The van der Waals surface area contributed by atoms with Crippen molar-refractivity contribution in [2.24, 2.45) is 5.92 Å². The second-order valence-corrected chi connectivity index (χ2v) is 7.12. The first-order valence-corrected chi connectivity index (χ1v) is 7.78. The number of nitrogens with one attached hydrogen (secondary N) is 1. The Morgan fingerprint density at radius 2 is 1.86 bits per heavy atom. The SMILES string of the molecule is CC(C)C(C)Nc1ccc2c(ccn2C(=O)OC(C)(C)C)c1. The largest absolute Gasteiger partial charge is 0.443 e. The lowest BCUT2D eigenvalue weighted by Crippen LogP contribution is -2.26. The molecule has 4 nitrogen and oxygen atoms in total. The van der Waals surface area contributed by atoms with E-state index < -0.39 is 5.60 Å². The average Bonchev–Trinajstić information content (AvgIpc) is 2.79. The number of fused-ring (bicyclic) bond motifs is 1. The second-order valence-electron chi connectivity index (χ2n) is 7.12. The van der Waals surface area contributed by atoms with Gasteiger partial charge in [-0.1, -0.05) is 13.8 Å². The van der Waals surface area contributed by atoms with Crippen molar-refractivity contribution in [3.63, 3.8) is 0 Å². The van der Waals surface area contributed by atoms with Gasteiger partial charge in [0.2, 0.25) is 0 Å². The Hall–Kier alpha value is -1.97. The van der Waals surface area contributed by atoms with E-state index in [4.69, 9.17) is 4.74 Å². The van der Waals surface area contributed by atoms with E-state index in [1.54, 1.807) is 10.8 Å². The van der Waals surface area contributed by atoms with E-state index in [1.165, 1.54) is 0 Å². The van der Waals surface area contributed by atoms with Crippen LogP contribution in [0.1, 0.15) is 41.5 Å². The first-order chi connectivity index (χ1) is 10.2. The zero-order valence-corrected chi connectivity index (χ0v) is 14.3. The molecule has 0 saturated carbocycles. The highest BCUT2D eigenvalue weighted by atomic mass is 16.6. The maximum atomic E-state index is 12.2. The van der Waals surface area contributed by atoms with Crippen molar-refractivity contribution in [1.29, 1.82) is 0 Å². The molecule has 1 aromatic heterocycles. The molecule has 0 saturated heterocycles. The number of hydrogen-bond acceptors (Lipinski definition) is 3. The van der Waals surface area contributed by atoms with Crippen molar-refractivity contribution >= 4 is 22.7 Å². The summed E-state index contributed by atoms with van der Waals surface area (Å²) in [6, 6.07) is 8.35. The molecule has 0 bridgehead atoms. The van der Waals surface area contributed by atoms with Gasteiger partial charge in [0.15, 0.2) is 0 Å². The van der Waals surface area contributed by atoms with Crippen LogP contribution in [-0.2, 0) is 4.74 Å². The Kier molecular flexibility index (Phi) is 4.50. The van der Waals surface area contributed by atoms with E-state index in [9.17, 15) is 4.79 Å². The molecular formula is C18H26N2O2. The van der Waals surface area contributed by atoms with Crippen molar-refractivity contribution in [3.05, 3.63) is 30.5 Å². The number of benzene rings is 1. The quantitative estimate of drug-likeness (QED) is 0.878. The van der Waals surface area contributed by atoms with E-state index in [0.29, 0.717) is 12.0 Å². The minimum atomic E-state index is -0.498. The zero-order valence-electron chi connectivity index (χ0n) is 14.3. The van der Waals surface area contributed by atoms with Gasteiger partial charge in [-0.2, -0.15) is 0 Å². The first-order valence-electron chi connectivity index (χ1n) is 7.78. The summed E-state index contributed by atoms with van der Waals surface area (Å²) in [7, 11) is 0. The number of carbonyl (C=O) groups is 1. The van der Waals surface area contributed by atoms with E-state index in [2.05, 4.69) is 32.2 Å². The number of ether oxygens (including phenoxy) is 1. The van der Waals surface area contributed by atoms with Gasteiger partial charge in [-0.15, -0.1) is 0 Å². The van der Waals surface area contributed by atoms with Gasteiger partial charge in [-0.3, -0.25) is 4.57 Å². The summed E-state index contributed by atoms with van der Waals surface area (Å²) >= 11 is 0. The van der Waals surface area contributed by atoms with E-state index in [1.807, 2.05) is 39.0 Å². The Balaban J connectivity index is 2.25. The molecule has 120 valence electrons. The summed E-state index contributed by atoms with van der Waals surface area (Å²) in [5.41, 5.74) is 1.43. The molecular weight excluding hydrogens is 276 g/mol. The number of aromatic nitrogens is 1. The third kappa shape index (κ3) is 3.81. The molecule has 1 atom stereocenters. The second kappa shape index (κ2) is 6.03. The monoisotopic (exact) mass is 302 g/mol. The fourth-order valence-corrected chi connectivity index (χ4v) is 2.13. The number of hydrogen-bond donors (Lipinski definition) is 1. The average molecular weight is 302 g/mol. The molecule has 0 radical (unpaired) electrons. The lowest BCUT2D eigenvalue weighted by molar-refractivity contribution is 0.0544. The summed E-state index contributed by atoms with van der Waals surface area (Å²) in [5.74, 6) is 0.557. The summed E-state index contributed by atoms with van der Waals surface area (Å²) in [6.07, 6.45) is 1.41. The summed E-state index contributed by atoms with van der Waals surface area (Å²) in [6.45, 7) is 12.1. The smallest absolute Gasteiger partial charge is 0.418 e. The lowest BCUT2D eigenvalue weighted by Gasteiger charge is -2.20. The highest BCUT2D eigenvalue weighted by Gasteiger charge is 2.19. The van der Waals surface area contributed by atoms with Crippen LogP contribution < -0.4 is 5.32 Å². The van der Waals surface area contributed by atoms with Crippen LogP contribution in [0.25, 0.3) is 10.9 Å². The van der Waals surface area contributed by atoms with Crippen molar-refractivity contribution in [2.45, 2.75) is 53.2 Å². The van der Waals surface area contributed by atoms with E-state index in [-0.39, 0.29) is 6.09 Å². The number of nitrogens with zero attached hydrogens (tertiary/aromatic N) is 1. The minimum Gasteiger partial charge on any atom is -0.443 e. The molecule has 1 aromatic carbocycles. The number of anilines is 1. The van der Waals surface area contributed by atoms with E-state index >= 15 is 0 Å². The third-order valence-corrected chi connectivity index (χ3v) is 3.67. The molecule has 4 heteroatoms. The van der Waals surface area contributed by atoms with Gasteiger partial charge in [-0.05, 0) is 57.9 Å². The lowest BCUT2D eigenvalue weighted by atomic mass is 10.1. The highest BCUT2D eigenvalue weighted by molar-refractivity contribution is 5.91. The van der Waals surface area contributed by atoms with Crippen molar-refractivity contribution in [2.75, 3.05) is 5.32 Å². The minimum absolute atomic E-state index is 0.348. The van der Waals surface area contributed by atoms with Crippen LogP contribution >= 0.6 is 0 Å². The first kappa shape index (κ1) is 16.4. The molecule has 2 rings (SSSR count). The topological polar surface area (TPSA) is 43.3 Å². The fourth-order valence-electron chi connectivity index (χ4n) is 2.13. The molecule has 22 heavy (non-hydrogen) atoms. The van der Waals surface area contributed by atoms with Gasteiger partial charge < -0.3 is 10.1 Å². The molecule has 0 aliphatic carbocycles. The van der Waals surface area contributed by atoms with Crippen LogP contribution in [0.15, 0.2) is 30.5 Å². The predicted octanol–water partition coefficient (Wildman–Crippen LogP) is 4.88. The summed E-state index contributed by atoms with van der Waals surface area (Å²) < 4.78 is 6.98. The maximum absolute atomic E-state index is 12.2. The normalized spacial score (nSPS) is 13.4. The van der Waals surface area contributed by atoms with Crippen molar-refractivity contribution < 1.29 is 9.53 Å². The standard InChI is InChI=1S/C18H26N2O2/c1-12(2)13(3)19-15-7-8-16-14(11-15)9-10-20(16)17(21)22-18(4,5)6/h7-13,19H,1-6H3. The van der Waals surface area contributed by atoms with Crippen LogP contribution in [-0.4, -0.2) is 22.3 Å². The van der Waals surface area contributed by atoms with Crippen molar-refractivity contribution in [1.82, 2.24) is 4.57 Å². The van der Waals surface area contributed by atoms with Crippen molar-refractivity contribution in [3.8, 4) is 0 Å². The fraction of sp³-hybridized carbons (Fsp3) is 0.500. The Labute approximate surface area is 132 Å². The van der Waals surface area contributed by atoms with Gasteiger partial charge in [0, 0.05) is 23.3 Å². The number of rotatable bonds is 3. The molecule has 1 heterocycles. The van der Waals surface area contributed by atoms with E-state index in [0.717, 1.165) is 16.6 Å². The maximum Gasteiger partial charge on any atom is 0.418 e. The van der Waals surface area contributed by atoms with Gasteiger partial charge in [0.1, 0.15) is 5.60 Å². The third-order valence-electron chi connectivity index (χ3n) is 3.67. The predicted molar refractivity (Wildman–Crippen MR) is 91.5 cm³/mol. The van der Waals surface area contributed by atoms with Crippen LogP contribution in [0.3, 0.4) is 0 Å². The number of carbonyl (C=O) groups excluding carboxylic acids is 1. The molecule has 0 spiro atoms. The van der Waals surface area contributed by atoms with Crippen LogP contribution in [0.5, 0.6) is 0 Å². The Morgan fingerprint density at radius 3 is 2.45 bits per heavy atom. The van der Waals surface area contributed by atoms with Gasteiger partial charge in [0.25, 0.3) is 0 Å². The molecule has 1 unspecified atom stereocenters. The molecule has 1 N–H and O–H groups in total. The van der Waals surface area contributed by atoms with Gasteiger partial charge in [0.05, 0.1) is 5.52 Å². The summed E-state index contributed by atoms with van der Waals surface area (Å²) in [5, 5.41) is 4.50. The zero-order chi connectivity index (χ0) is 16.5. The Bertz CT molecular complexity index is 665. The molecule has 0 amide bonds. The Morgan fingerprint density at radius 1 is 1.18 bits per heavy atom. The van der Waals surface area contributed by atoms with Crippen LogP contribution in [0.2, 0.25) is 0 Å². The highest BCUT2D eigenvalue weighted by Crippen LogP contribution is 2.23. The molecule has 0 fully saturated rings.